The largest absolute Gasteiger partial charge is 0.368 e. The van der Waals surface area contributed by atoms with Crippen molar-refractivity contribution in [1.82, 2.24) is 4.90 Å². The lowest BCUT2D eigenvalue weighted by Gasteiger charge is -2.39. The molecule has 98 valence electrons. The first-order chi connectivity index (χ1) is 8.31. The summed E-state index contributed by atoms with van der Waals surface area (Å²) in [5, 5.41) is 0. The number of benzene rings is 1. The molecule has 1 aromatic rings. The van der Waals surface area contributed by atoms with E-state index in [0.29, 0.717) is 5.56 Å². The fourth-order valence-corrected chi connectivity index (χ4v) is 1.82. The van der Waals surface area contributed by atoms with Crippen LogP contribution < -0.4 is 5.73 Å². The highest BCUT2D eigenvalue weighted by Gasteiger charge is 2.41. The number of likely N-dealkylation sites (N-methyl/N-ethyl adjacent to an activating group) is 1. The third kappa shape index (κ3) is 2.37. The first kappa shape index (κ1) is 14.2. The van der Waals surface area contributed by atoms with Gasteiger partial charge in [0, 0.05) is 12.6 Å². The van der Waals surface area contributed by atoms with Gasteiger partial charge in [-0.15, -0.1) is 0 Å². The maximum Gasteiger partial charge on any atom is 0.254 e. The maximum atomic E-state index is 12.3. The molecule has 2 N–H and O–H groups in total. The van der Waals surface area contributed by atoms with E-state index in [1.165, 1.54) is 4.90 Å². The summed E-state index contributed by atoms with van der Waals surface area (Å²) in [5.74, 6) is -0.762. The van der Waals surface area contributed by atoms with E-state index in [-0.39, 0.29) is 11.8 Å². The van der Waals surface area contributed by atoms with Gasteiger partial charge in [-0.2, -0.15) is 0 Å². The average molecular weight is 248 g/mol. The Morgan fingerprint density at radius 2 is 1.72 bits per heavy atom. The van der Waals surface area contributed by atoms with E-state index in [9.17, 15) is 9.59 Å². The van der Waals surface area contributed by atoms with Crippen molar-refractivity contribution in [2.45, 2.75) is 26.3 Å². The molecule has 1 atom stereocenters. The molecule has 0 heterocycles. The number of hydrogen-bond donors (Lipinski definition) is 1. The summed E-state index contributed by atoms with van der Waals surface area (Å²) < 4.78 is 0. The van der Waals surface area contributed by atoms with Crippen molar-refractivity contribution in [2.24, 2.45) is 11.7 Å². The van der Waals surface area contributed by atoms with Crippen molar-refractivity contribution >= 4 is 11.8 Å². The predicted molar refractivity (Wildman–Crippen MR) is 71.0 cm³/mol. The molecule has 0 aliphatic rings. The third-order valence-electron chi connectivity index (χ3n) is 3.65. The molecule has 1 rings (SSSR count). The van der Waals surface area contributed by atoms with Gasteiger partial charge in [0.2, 0.25) is 5.91 Å². The maximum absolute atomic E-state index is 12.3. The van der Waals surface area contributed by atoms with E-state index in [1.54, 1.807) is 38.2 Å². The van der Waals surface area contributed by atoms with Crippen LogP contribution >= 0.6 is 0 Å². The fraction of sp³-hybridized carbons (Fsp3) is 0.429. The van der Waals surface area contributed by atoms with E-state index >= 15 is 0 Å². The minimum Gasteiger partial charge on any atom is -0.368 e. The molecule has 0 spiro atoms. The monoisotopic (exact) mass is 248 g/mol. The number of rotatable bonds is 4. The van der Waals surface area contributed by atoms with Gasteiger partial charge < -0.3 is 10.6 Å². The minimum absolute atomic E-state index is 0.0623. The van der Waals surface area contributed by atoms with Crippen molar-refractivity contribution in [3.05, 3.63) is 35.9 Å². The Hall–Kier alpha value is -1.84. The molecule has 0 saturated heterocycles. The quantitative estimate of drug-likeness (QED) is 0.880. The Kier molecular flexibility index (Phi) is 4.11. The zero-order valence-electron chi connectivity index (χ0n) is 11.3. The summed E-state index contributed by atoms with van der Waals surface area (Å²) in [6, 6.07) is 8.86. The number of nitrogens with two attached hydrogens (primary N) is 1. The summed E-state index contributed by atoms with van der Waals surface area (Å²) >= 11 is 0. The highest BCUT2D eigenvalue weighted by atomic mass is 16.2. The normalized spacial score (nSPS) is 14.1. The van der Waals surface area contributed by atoms with Crippen LogP contribution in [0, 0.1) is 5.92 Å². The molecule has 4 nitrogen and oxygen atoms in total. The van der Waals surface area contributed by atoms with E-state index in [0.717, 1.165) is 0 Å². The van der Waals surface area contributed by atoms with Crippen LogP contribution in [0.25, 0.3) is 0 Å². The minimum atomic E-state index is -0.993. The first-order valence-electron chi connectivity index (χ1n) is 5.95. The van der Waals surface area contributed by atoms with Crippen molar-refractivity contribution < 1.29 is 9.59 Å². The lowest BCUT2D eigenvalue weighted by atomic mass is 9.85. The predicted octanol–water partition coefficient (Wildman–Crippen LogP) is 1.66. The zero-order chi connectivity index (χ0) is 13.9. The second kappa shape index (κ2) is 5.21. The van der Waals surface area contributed by atoms with Gasteiger partial charge in [0.05, 0.1) is 0 Å². The molecule has 0 aromatic heterocycles. The van der Waals surface area contributed by atoms with Crippen LogP contribution in [0.15, 0.2) is 30.3 Å². The van der Waals surface area contributed by atoms with Gasteiger partial charge in [0.15, 0.2) is 0 Å². The first-order valence-corrected chi connectivity index (χ1v) is 5.95. The molecule has 0 radical (unpaired) electrons. The van der Waals surface area contributed by atoms with E-state index in [4.69, 9.17) is 5.73 Å². The molecule has 0 bridgehead atoms. The summed E-state index contributed by atoms with van der Waals surface area (Å²) in [5.41, 5.74) is 5.01. The summed E-state index contributed by atoms with van der Waals surface area (Å²) in [4.78, 5) is 25.4. The van der Waals surface area contributed by atoms with Gasteiger partial charge in [-0.25, -0.2) is 0 Å². The topological polar surface area (TPSA) is 63.4 Å². The lowest BCUT2D eigenvalue weighted by Crippen LogP contribution is -2.59. The number of primary amides is 1. The highest BCUT2D eigenvalue weighted by molar-refractivity contribution is 5.98. The molecule has 2 amide bonds. The molecule has 4 heteroatoms. The van der Waals surface area contributed by atoms with Crippen LogP contribution in [0.3, 0.4) is 0 Å². The molecule has 0 aliphatic heterocycles. The second-order valence-electron chi connectivity index (χ2n) is 4.90. The molecule has 1 aromatic carbocycles. The van der Waals surface area contributed by atoms with Crippen LogP contribution in [0.4, 0.5) is 0 Å². The standard InChI is InChI=1S/C14H20N2O2/c1-10(2)14(3,13(15)18)16(4)12(17)11-8-6-5-7-9-11/h5-10H,1-4H3,(H2,15,18)/t14-/m1/s1. The van der Waals surface area contributed by atoms with Crippen LogP contribution in [-0.4, -0.2) is 29.3 Å². The van der Waals surface area contributed by atoms with Crippen LogP contribution in [0.2, 0.25) is 0 Å². The van der Waals surface area contributed by atoms with Crippen molar-refractivity contribution in [3.8, 4) is 0 Å². The molecule has 0 unspecified atom stereocenters. The van der Waals surface area contributed by atoms with Gasteiger partial charge in [-0.05, 0) is 25.0 Å². The van der Waals surface area contributed by atoms with E-state index < -0.39 is 11.4 Å². The van der Waals surface area contributed by atoms with Crippen molar-refractivity contribution in [2.75, 3.05) is 7.05 Å². The summed E-state index contributed by atoms with van der Waals surface area (Å²) in [6.07, 6.45) is 0. The van der Waals surface area contributed by atoms with Crippen LogP contribution in [-0.2, 0) is 4.79 Å². The Morgan fingerprint density at radius 3 is 2.11 bits per heavy atom. The Labute approximate surface area is 108 Å². The number of nitrogens with zero attached hydrogens (tertiary/aromatic N) is 1. The molecular formula is C14H20N2O2. The van der Waals surface area contributed by atoms with Gasteiger partial charge in [0.25, 0.3) is 5.91 Å². The Balaban J connectivity index is 3.09. The summed E-state index contributed by atoms with van der Waals surface area (Å²) in [6.45, 7) is 5.44. The number of amides is 2. The zero-order valence-corrected chi connectivity index (χ0v) is 11.3. The van der Waals surface area contributed by atoms with E-state index in [1.807, 2.05) is 19.9 Å². The molecule has 0 fully saturated rings. The Bertz CT molecular complexity index is 442. The van der Waals surface area contributed by atoms with Crippen molar-refractivity contribution in [1.29, 1.82) is 0 Å². The van der Waals surface area contributed by atoms with Gasteiger partial charge in [-0.1, -0.05) is 32.0 Å². The van der Waals surface area contributed by atoms with Crippen molar-refractivity contribution in [3.63, 3.8) is 0 Å². The molecule has 18 heavy (non-hydrogen) atoms. The highest BCUT2D eigenvalue weighted by Crippen LogP contribution is 2.24. The van der Waals surface area contributed by atoms with Gasteiger partial charge in [0.1, 0.15) is 5.54 Å². The number of hydrogen-bond acceptors (Lipinski definition) is 2. The van der Waals surface area contributed by atoms with Crippen LogP contribution in [0.1, 0.15) is 31.1 Å². The molecule has 0 aliphatic carbocycles. The van der Waals surface area contributed by atoms with Gasteiger partial charge >= 0.3 is 0 Å². The fourth-order valence-electron chi connectivity index (χ4n) is 1.82. The smallest absolute Gasteiger partial charge is 0.254 e. The SMILES string of the molecule is CC(C)[C@](C)(C(N)=O)N(C)C(=O)c1ccccc1. The van der Waals surface area contributed by atoms with Crippen LogP contribution in [0.5, 0.6) is 0 Å². The number of carbonyl (C=O) groups excluding carboxylic acids is 2. The van der Waals surface area contributed by atoms with Gasteiger partial charge in [-0.3, -0.25) is 9.59 Å². The third-order valence-corrected chi connectivity index (χ3v) is 3.65. The Morgan fingerprint density at radius 1 is 1.22 bits per heavy atom. The number of carbonyl (C=O) groups is 2. The van der Waals surface area contributed by atoms with E-state index in [2.05, 4.69) is 0 Å². The molecule has 0 saturated carbocycles. The second-order valence-corrected chi connectivity index (χ2v) is 4.90. The lowest BCUT2D eigenvalue weighted by molar-refractivity contribution is -0.129. The molecular weight excluding hydrogens is 228 g/mol. The average Bonchev–Trinajstić information content (AvgIpc) is 2.36. The summed E-state index contributed by atoms with van der Waals surface area (Å²) in [7, 11) is 1.61.